The molecule has 0 saturated heterocycles. The normalized spacial score (nSPS) is 11.0. The molecule has 0 N–H and O–H groups in total. The Labute approximate surface area is 130 Å². The van der Waals surface area contributed by atoms with Gasteiger partial charge in [0.1, 0.15) is 5.52 Å². The summed E-state index contributed by atoms with van der Waals surface area (Å²) in [6.07, 6.45) is 1.82. The number of hydrogen-bond acceptors (Lipinski definition) is 2. The van der Waals surface area contributed by atoms with Crippen molar-refractivity contribution in [1.29, 1.82) is 0 Å². The summed E-state index contributed by atoms with van der Waals surface area (Å²) < 4.78 is 1.82. The van der Waals surface area contributed by atoms with Crippen LogP contribution in [0.2, 0.25) is 10.0 Å². The van der Waals surface area contributed by atoms with E-state index in [0.29, 0.717) is 22.1 Å². The van der Waals surface area contributed by atoms with Gasteiger partial charge in [0.15, 0.2) is 0 Å². The molecule has 1 heterocycles. The molecule has 0 amide bonds. The summed E-state index contributed by atoms with van der Waals surface area (Å²) in [5.74, 6) is 0. The Morgan fingerprint density at radius 1 is 1.14 bits per heavy atom. The summed E-state index contributed by atoms with van der Waals surface area (Å²) >= 11 is 12.0. The molecule has 0 spiro atoms. The fraction of sp³-hybridized carbons (Fsp3) is 0.0667. The molecular weight excluding hydrogens is 311 g/mol. The molecule has 2 aromatic carbocycles. The van der Waals surface area contributed by atoms with Gasteiger partial charge in [0.05, 0.1) is 4.92 Å². The standard InChI is InChI=1S/C15H10Cl2N2O2/c16-12-5-4-11(13(17)8-12)9-18-7-6-10-2-1-3-14(15(10)18)19(20)21/h1-8H,9H2. The van der Waals surface area contributed by atoms with Gasteiger partial charge in [0.25, 0.3) is 5.69 Å². The van der Waals surface area contributed by atoms with Crippen LogP contribution in [0.3, 0.4) is 0 Å². The Morgan fingerprint density at radius 2 is 1.95 bits per heavy atom. The van der Waals surface area contributed by atoms with Crippen molar-refractivity contribution in [3.8, 4) is 0 Å². The highest BCUT2D eigenvalue weighted by Crippen LogP contribution is 2.28. The number of para-hydroxylation sites is 1. The zero-order valence-electron chi connectivity index (χ0n) is 10.8. The molecule has 0 aliphatic heterocycles. The molecule has 0 bridgehead atoms. The molecule has 0 aliphatic carbocycles. The van der Waals surface area contributed by atoms with Crippen LogP contribution in [-0.4, -0.2) is 9.49 Å². The molecule has 0 atom stereocenters. The van der Waals surface area contributed by atoms with Gasteiger partial charge in [-0.2, -0.15) is 0 Å². The summed E-state index contributed by atoms with van der Waals surface area (Å²) in [5, 5.41) is 13.1. The third-order valence-electron chi connectivity index (χ3n) is 3.32. The molecule has 0 unspecified atom stereocenters. The highest BCUT2D eigenvalue weighted by Gasteiger charge is 2.16. The number of fused-ring (bicyclic) bond motifs is 1. The van der Waals surface area contributed by atoms with Crippen LogP contribution in [0.25, 0.3) is 10.9 Å². The maximum absolute atomic E-state index is 11.2. The third-order valence-corrected chi connectivity index (χ3v) is 3.91. The van der Waals surface area contributed by atoms with E-state index >= 15 is 0 Å². The first kappa shape index (κ1) is 13.9. The molecule has 0 fully saturated rings. The highest BCUT2D eigenvalue weighted by molar-refractivity contribution is 6.35. The number of hydrogen-bond donors (Lipinski definition) is 0. The van der Waals surface area contributed by atoms with E-state index in [9.17, 15) is 10.1 Å². The van der Waals surface area contributed by atoms with Crippen molar-refractivity contribution in [3.63, 3.8) is 0 Å². The number of nitrogens with zero attached hydrogens (tertiary/aromatic N) is 2. The van der Waals surface area contributed by atoms with Gasteiger partial charge in [-0.1, -0.05) is 41.4 Å². The first-order valence-corrected chi connectivity index (χ1v) is 6.98. The lowest BCUT2D eigenvalue weighted by atomic mass is 10.2. The summed E-state index contributed by atoms with van der Waals surface area (Å²) in [4.78, 5) is 10.8. The zero-order chi connectivity index (χ0) is 15.0. The van der Waals surface area contributed by atoms with E-state index in [0.717, 1.165) is 10.9 Å². The predicted octanol–water partition coefficient (Wildman–Crippen LogP) is 4.90. The number of rotatable bonds is 3. The minimum absolute atomic E-state index is 0.0857. The SMILES string of the molecule is O=[N+]([O-])c1cccc2ccn(Cc3ccc(Cl)cc3Cl)c12. The van der Waals surface area contributed by atoms with E-state index in [-0.39, 0.29) is 10.6 Å². The van der Waals surface area contributed by atoms with Crippen LogP contribution in [0.5, 0.6) is 0 Å². The number of nitro groups is 1. The molecular formula is C15H10Cl2N2O2. The minimum atomic E-state index is -0.373. The number of non-ortho nitro benzene ring substituents is 1. The molecule has 0 saturated carbocycles. The number of nitro benzene ring substituents is 1. The lowest BCUT2D eigenvalue weighted by Gasteiger charge is -2.08. The van der Waals surface area contributed by atoms with E-state index in [1.165, 1.54) is 6.07 Å². The third kappa shape index (κ3) is 2.60. The van der Waals surface area contributed by atoms with Gasteiger partial charge in [-0.05, 0) is 23.8 Å². The Balaban J connectivity index is 2.11. The number of halogens is 2. The molecule has 3 aromatic rings. The molecule has 1 aromatic heterocycles. The van der Waals surface area contributed by atoms with Crippen LogP contribution in [0.4, 0.5) is 5.69 Å². The first-order valence-electron chi connectivity index (χ1n) is 6.22. The van der Waals surface area contributed by atoms with E-state index in [1.807, 2.05) is 29.0 Å². The van der Waals surface area contributed by atoms with Crippen molar-refractivity contribution in [2.24, 2.45) is 0 Å². The van der Waals surface area contributed by atoms with Crippen molar-refractivity contribution in [2.45, 2.75) is 6.54 Å². The van der Waals surface area contributed by atoms with Gasteiger partial charge in [-0.25, -0.2) is 0 Å². The predicted molar refractivity (Wildman–Crippen MR) is 84.2 cm³/mol. The van der Waals surface area contributed by atoms with Gasteiger partial charge in [-0.15, -0.1) is 0 Å². The van der Waals surface area contributed by atoms with Crippen LogP contribution in [-0.2, 0) is 6.54 Å². The Bertz CT molecular complexity index is 843. The summed E-state index contributed by atoms with van der Waals surface area (Å²) in [6, 6.07) is 12.1. The van der Waals surface area contributed by atoms with E-state index in [4.69, 9.17) is 23.2 Å². The molecule has 4 nitrogen and oxygen atoms in total. The smallest absolute Gasteiger partial charge is 0.293 e. The van der Waals surface area contributed by atoms with Crippen molar-refractivity contribution in [2.75, 3.05) is 0 Å². The quantitative estimate of drug-likeness (QED) is 0.508. The van der Waals surface area contributed by atoms with Crippen molar-refractivity contribution < 1.29 is 4.92 Å². The zero-order valence-corrected chi connectivity index (χ0v) is 12.3. The van der Waals surface area contributed by atoms with E-state index < -0.39 is 0 Å². The van der Waals surface area contributed by atoms with Gasteiger partial charge in [0, 0.05) is 34.2 Å². The molecule has 106 valence electrons. The van der Waals surface area contributed by atoms with Crippen LogP contribution in [0.1, 0.15) is 5.56 Å². The maximum Gasteiger partial charge on any atom is 0.293 e. The van der Waals surface area contributed by atoms with Crippen LogP contribution < -0.4 is 0 Å². The highest BCUT2D eigenvalue weighted by atomic mass is 35.5. The number of benzene rings is 2. The average molecular weight is 321 g/mol. The lowest BCUT2D eigenvalue weighted by molar-refractivity contribution is -0.383. The van der Waals surface area contributed by atoms with E-state index in [2.05, 4.69) is 0 Å². The summed E-state index contributed by atoms with van der Waals surface area (Å²) in [7, 11) is 0. The van der Waals surface area contributed by atoms with Crippen molar-refractivity contribution in [1.82, 2.24) is 4.57 Å². The second kappa shape index (κ2) is 5.39. The second-order valence-corrected chi connectivity index (χ2v) is 5.50. The van der Waals surface area contributed by atoms with Gasteiger partial charge >= 0.3 is 0 Å². The molecule has 0 radical (unpaired) electrons. The van der Waals surface area contributed by atoms with Gasteiger partial charge < -0.3 is 4.57 Å². The van der Waals surface area contributed by atoms with Crippen LogP contribution >= 0.6 is 23.2 Å². The largest absolute Gasteiger partial charge is 0.337 e. The second-order valence-electron chi connectivity index (χ2n) is 4.65. The first-order chi connectivity index (χ1) is 10.1. The molecule has 3 rings (SSSR count). The molecule has 0 aliphatic rings. The van der Waals surface area contributed by atoms with Gasteiger partial charge in [0.2, 0.25) is 0 Å². The Kier molecular flexibility index (Phi) is 3.57. The molecule has 21 heavy (non-hydrogen) atoms. The topological polar surface area (TPSA) is 48.1 Å². The lowest BCUT2D eigenvalue weighted by Crippen LogP contribution is -2.01. The van der Waals surface area contributed by atoms with E-state index in [1.54, 1.807) is 18.2 Å². The Morgan fingerprint density at radius 3 is 2.67 bits per heavy atom. The fourth-order valence-electron chi connectivity index (χ4n) is 2.35. The Hall–Kier alpha value is -2.04. The molecule has 6 heteroatoms. The van der Waals surface area contributed by atoms with Crippen molar-refractivity contribution in [3.05, 3.63) is 74.4 Å². The fourth-order valence-corrected chi connectivity index (χ4v) is 2.82. The maximum atomic E-state index is 11.2. The van der Waals surface area contributed by atoms with Gasteiger partial charge in [-0.3, -0.25) is 10.1 Å². The summed E-state index contributed by atoms with van der Waals surface area (Å²) in [6.45, 7) is 0.449. The van der Waals surface area contributed by atoms with Crippen LogP contribution in [0.15, 0.2) is 48.7 Å². The monoisotopic (exact) mass is 320 g/mol. The van der Waals surface area contributed by atoms with Crippen LogP contribution in [0, 0.1) is 10.1 Å². The average Bonchev–Trinajstić information content (AvgIpc) is 2.85. The van der Waals surface area contributed by atoms with Crippen molar-refractivity contribution >= 4 is 39.8 Å². The summed E-state index contributed by atoms with van der Waals surface area (Å²) in [5.41, 5.74) is 1.54. The minimum Gasteiger partial charge on any atom is -0.337 e. The number of aromatic nitrogens is 1.